The molecular weight excluding hydrogens is 366 g/mol. The highest BCUT2D eigenvalue weighted by Gasteiger charge is 2.22. The maximum absolute atomic E-state index is 9.85. The van der Waals surface area contributed by atoms with Gasteiger partial charge in [-0.15, -0.1) is 0 Å². The lowest BCUT2D eigenvalue weighted by atomic mass is 9.96. The monoisotopic (exact) mass is 387 g/mol. The zero-order valence-electron chi connectivity index (χ0n) is 17.1. The summed E-state index contributed by atoms with van der Waals surface area (Å²) in [5.74, 6) is 0. The van der Waals surface area contributed by atoms with Gasteiger partial charge in [0, 0.05) is 45.7 Å². The fourth-order valence-electron chi connectivity index (χ4n) is 5.12. The van der Waals surface area contributed by atoms with Crippen LogP contribution in [0.4, 0.5) is 0 Å². The summed E-state index contributed by atoms with van der Waals surface area (Å²) in [6, 6.07) is 23.7. The second kappa shape index (κ2) is 6.11. The van der Waals surface area contributed by atoms with Crippen molar-refractivity contribution in [2.45, 2.75) is 19.8 Å². The topological polar surface area (TPSA) is 33.6 Å². The number of nitriles is 1. The molecule has 5 aromatic rings. The number of aryl methyl sites for hydroxylation is 1. The Bertz CT molecular complexity index is 1570. The first-order chi connectivity index (χ1) is 14.7. The van der Waals surface area contributed by atoms with Crippen LogP contribution in [-0.2, 0) is 13.5 Å². The molecule has 0 saturated heterocycles. The predicted molar refractivity (Wildman–Crippen MR) is 124 cm³/mol. The fraction of sp³-hybridized carbons (Fsp3) is 0.148. The summed E-state index contributed by atoms with van der Waals surface area (Å²) in [7, 11) is 2.13. The third-order valence-electron chi connectivity index (χ3n) is 6.55. The van der Waals surface area contributed by atoms with Crippen LogP contribution in [0.5, 0.6) is 0 Å². The van der Waals surface area contributed by atoms with E-state index in [4.69, 9.17) is 0 Å². The van der Waals surface area contributed by atoms with Gasteiger partial charge >= 0.3 is 0 Å². The average Bonchev–Trinajstić information content (AvgIpc) is 3.26. The normalized spacial score (nSPS) is 13.6. The zero-order valence-corrected chi connectivity index (χ0v) is 17.1. The van der Waals surface area contributed by atoms with Gasteiger partial charge < -0.3 is 9.13 Å². The molecule has 6 rings (SSSR count). The number of hydrogen-bond donors (Lipinski definition) is 0. The van der Waals surface area contributed by atoms with Gasteiger partial charge in [0.2, 0.25) is 0 Å². The molecule has 1 aliphatic carbocycles. The van der Waals surface area contributed by atoms with Crippen molar-refractivity contribution in [1.29, 1.82) is 5.26 Å². The quantitative estimate of drug-likeness (QED) is 0.323. The van der Waals surface area contributed by atoms with Gasteiger partial charge in [0.15, 0.2) is 0 Å². The number of rotatable bonds is 1. The van der Waals surface area contributed by atoms with E-state index in [-0.39, 0.29) is 0 Å². The number of aromatic nitrogens is 2. The Morgan fingerprint density at radius 3 is 2.53 bits per heavy atom. The van der Waals surface area contributed by atoms with E-state index < -0.39 is 0 Å². The van der Waals surface area contributed by atoms with Crippen LogP contribution >= 0.6 is 0 Å². The SMILES string of the molecule is CC1=Cc2c(n(-c3ccc4c5ccccc5n(C)c4c3)c3c(C#N)cccc23)CC1. The lowest BCUT2D eigenvalue weighted by Gasteiger charge is -2.16. The van der Waals surface area contributed by atoms with Crippen molar-refractivity contribution < 1.29 is 0 Å². The Kier molecular flexibility index (Phi) is 3.49. The zero-order chi connectivity index (χ0) is 20.4. The van der Waals surface area contributed by atoms with E-state index in [0.29, 0.717) is 0 Å². The van der Waals surface area contributed by atoms with Gasteiger partial charge in [0.05, 0.1) is 16.6 Å². The molecule has 0 atom stereocenters. The van der Waals surface area contributed by atoms with Gasteiger partial charge in [0.25, 0.3) is 0 Å². The number of para-hydroxylation sites is 2. The van der Waals surface area contributed by atoms with Crippen molar-refractivity contribution in [3.05, 3.63) is 83.1 Å². The van der Waals surface area contributed by atoms with Gasteiger partial charge in [-0.1, -0.05) is 48.0 Å². The smallest absolute Gasteiger partial charge is 0.101 e. The van der Waals surface area contributed by atoms with Gasteiger partial charge in [-0.2, -0.15) is 5.26 Å². The Morgan fingerprint density at radius 1 is 0.867 bits per heavy atom. The predicted octanol–water partition coefficient (Wildman–Crippen LogP) is 6.50. The third kappa shape index (κ3) is 2.19. The molecule has 0 saturated carbocycles. The first-order valence-electron chi connectivity index (χ1n) is 10.4. The highest BCUT2D eigenvalue weighted by molar-refractivity contribution is 6.08. The molecule has 3 aromatic carbocycles. The largest absolute Gasteiger partial charge is 0.344 e. The minimum Gasteiger partial charge on any atom is -0.344 e. The molecule has 3 nitrogen and oxygen atoms in total. The highest BCUT2D eigenvalue weighted by atomic mass is 15.0. The standard InChI is InChI=1S/C27H21N3/c1-17-10-13-25-23(14-17)22-8-5-6-18(16-28)27(22)30(25)19-11-12-21-20-7-3-4-9-24(20)29(2)26(21)15-19/h3-9,11-12,14-15H,10,13H2,1-2H3. The maximum atomic E-state index is 9.85. The second-order valence-electron chi connectivity index (χ2n) is 8.28. The van der Waals surface area contributed by atoms with Crippen LogP contribution in [0.25, 0.3) is 44.5 Å². The van der Waals surface area contributed by atoms with E-state index in [2.05, 4.69) is 83.8 Å². The van der Waals surface area contributed by atoms with Crippen molar-refractivity contribution in [2.24, 2.45) is 7.05 Å². The molecule has 0 amide bonds. The lowest BCUT2D eigenvalue weighted by molar-refractivity contribution is 0.856. The Labute approximate surface area is 175 Å². The molecule has 0 spiro atoms. The summed E-state index contributed by atoms with van der Waals surface area (Å²) in [5, 5.41) is 13.6. The van der Waals surface area contributed by atoms with Crippen molar-refractivity contribution in [3.8, 4) is 11.8 Å². The van der Waals surface area contributed by atoms with Crippen LogP contribution in [0.1, 0.15) is 30.2 Å². The minimum atomic E-state index is 0.727. The molecule has 0 bridgehead atoms. The number of benzene rings is 3. The molecule has 0 radical (unpaired) electrons. The Hall–Kier alpha value is -3.77. The van der Waals surface area contributed by atoms with Crippen molar-refractivity contribution >= 4 is 38.8 Å². The maximum Gasteiger partial charge on any atom is 0.101 e. The van der Waals surface area contributed by atoms with Crippen LogP contribution in [0.3, 0.4) is 0 Å². The van der Waals surface area contributed by atoms with Gasteiger partial charge in [-0.3, -0.25) is 0 Å². The summed E-state index contributed by atoms with van der Waals surface area (Å²) in [5.41, 5.74) is 9.28. The molecule has 0 aliphatic heterocycles. The number of hydrogen-bond acceptors (Lipinski definition) is 1. The van der Waals surface area contributed by atoms with Crippen LogP contribution < -0.4 is 0 Å². The second-order valence-corrected chi connectivity index (χ2v) is 8.28. The average molecular weight is 387 g/mol. The first-order valence-corrected chi connectivity index (χ1v) is 10.4. The summed E-state index contributed by atoms with van der Waals surface area (Å²) < 4.78 is 4.59. The molecule has 0 N–H and O–H groups in total. The van der Waals surface area contributed by atoms with E-state index in [9.17, 15) is 5.26 Å². The van der Waals surface area contributed by atoms with Crippen LogP contribution in [0.2, 0.25) is 0 Å². The highest BCUT2D eigenvalue weighted by Crippen LogP contribution is 2.38. The van der Waals surface area contributed by atoms with Gasteiger partial charge in [-0.25, -0.2) is 0 Å². The van der Waals surface area contributed by atoms with E-state index in [1.807, 2.05) is 12.1 Å². The molecule has 2 aromatic heterocycles. The number of nitrogens with zero attached hydrogens (tertiary/aromatic N) is 3. The summed E-state index contributed by atoms with van der Waals surface area (Å²) >= 11 is 0. The molecule has 2 heterocycles. The Morgan fingerprint density at radius 2 is 1.67 bits per heavy atom. The molecule has 1 aliphatic rings. The minimum absolute atomic E-state index is 0.727. The Balaban J connectivity index is 1.74. The summed E-state index contributed by atoms with van der Waals surface area (Å²) in [4.78, 5) is 0. The first kappa shape index (κ1) is 17.1. The van der Waals surface area contributed by atoms with E-state index in [1.165, 1.54) is 44.0 Å². The molecule has 30 heavy (non-hydrogen) atoms. The van der Waals surface area contributed by atoms with Gasteiger partial charge in [-0.05, 0) is 44.0 Å². The van der Waals surface area contributed by atoms with Crippen LogP contribution in [0, 0.1) is 11.3 Å². The number of allylic oxidation sites excluding steroid dienone is 1. The van der Waals surface area contributed by atoms with Crippen LogP contribution in [-0.4, -0.2) is 9.13 Å². The van der Waals surface area contributed by atoms with Crippen molar-refractivity contribution in [2.75, 3.05) is 0 Å². The third-order valence-corrected chi connectivity index (χ3v) is 6.55. The lowest BCUT2D eigenvalue weighted by Crippen LogP contribution is -2.05. The molecular formula is C27H21N3. The van der Waals surface area contributed by atoms with E-state index in [0.717, 1.165) is 29.6 Å². The van der Waals surface area contributed by atoms with Crippen molar-refractivity contribution in [3.63, 3.8) is 0 Å². The molecule has 0 unspecified atom stereocenters. The van der Waals surface area contributed by atoms with Gasteiger partial charge in [0.1, 0.15) is 6.07 Å². The van der Waals surface area contributed by atoms with E-state index >= 15 is 0 Å². The number of fused-ring (bicyclic) bond motifs is 6. The van der Waals surface area contributed by atoms with Crippen LogP contribution in [0.15, 0.2) is 66.2 Å². The summed E-state index contributed by atoms with van der Waals surface area (Å²) in [6.45, 7) is 2.20. The molecule has 0 fully saturated rings. The van der Waals surface area contributed by atoms with E-state index in [1.54, 1.807) is 0 Å². The molecule has 144 valence electrons. The molecule has 3 heteroatoms. The fourth-order valence-corrected chi connectivity index (χ4v) is 5.12. The van der Waals surface area contributed by atoms with Crippen molar-refractivity contribution in [1.82, 2.24) is 9.13 Å². The summed E-state index contributed by atoms with van der Waals surface area (Å²) in [6.07, 6.45) is 4.35.